The molecule has 0 radical (unpaired) electrons. The second-order valence-electron chi connectivity index (χ2n) is 6.60. The molecule has 0 heterocycles. The van der Waals surface area contributed by atoms with E-state index in [1.807, 2.05) is 0 Å². The first-order valence-corrected chi connectivity index (χ1v) is 7.53. The number of benzene rings is 1. The summed E-state index contributed by atoms with van der Waals surface area (Å²) >= 11 is 0. The van der Waals surface area contributed by atoms with Crippen molar-refractivity contribution in [3.8, 4) is 0 Å². The average Bonchev–Trinajstić information content (AvgIpc) is 2.43. The van der Waals surface area contributed by atoms with Gasteiger partial charge in [0, 0.05) is 11.5 Å². The van der Waals surface area contributed by atoms with E-state index in [0.717, 1.165) is 6.42 Å². The van der Waals surface area contributed by atoms with Crippen LogP contribution in [0.1, 0.15) is 50.3 Å². The average molecular weight is 259 g/mol. The number of aryl methyl sites for hydroxylation is 1. The minimum atomic E-state index is 0.251. The smallest absolute Gasteiger partial charge is 0.0831 e. The van der Waals surface area contributed by atoms with Crippen LogP contribution >= 0.6 is 0 Å². The van der Waals surface area contributed by atoms with Gasteiger partial charge in [-0.1, -0.05) is 38.1 Å². The van der Waals surface area contributed by atoms with E-state index >= 15 is 0 Å². The first kappa shape index (κ1) is 13.1. The summed E-state index contributed by atoms with van der Waals surface area (Å²) in [5.41, 5.74) is 3.17. The molecule has 0 aromatic heterocycles. The normalized spacial score (nSPS) is 32.5. The van der Waals surface area contributed by atoms with Crippen molar-refractivity contribution in [1.29, 1.82) is 0 Å². The van der Waals surface area contributed by atoms with Crippen molar-refractivity contribution in [1.82, 2.24) is 5.32 Å². The Morgan fingerprint density at radius 2 is 2.05 bits per heavy atom. The van der Waals surface area contributed by atoms with Gasteiger partial charge in [-0.05, 0) is 43.9 Å². The summed E-state index contributed by atoms with van der Waals surface area (Å²) in [4.78, 5) is 0. The van der Waals surface area contributed by atoms with Gasteiger partial charge in [-0.2, -0.15) is 0 Å². The maximum atomic E-state index is 6.46. The van der Waals surface area contributed by atoms with E-state index in [0.29, 0.717) is 18.2 Å². The zero-order valence-corrected chi connectivity index (χ0v) is 12.3. The number of ether oxygens (including phenoxy) is 1. The van der Waals surface area contributed by atoms with Crippen molar-refractivity contribution in [2.45, 2.75) is 57.8 Å². The third-order valence-corrected chi connectivity index (χ3v) is 5.17. The van der Waals surface area contributed by atoms with Gasteiger partial charge in [0.15, 0.2) is 0 Å². The summed E-state index contributed by atoms with van der Waals surface area (Å²) in [5, 5.41) is 3.40. The van der Waals surface area contributed by atoms with Crippen LogP contribution in [0.2, 0.25) is 0 Å². The second-order valence-corrected chi connectivity index (χ2v) is 6.60. The molecule has 1 aromatic carbocycles. The summed E-state index contributed by atoms with van der Waals surface area (Å²) in [7, 11) is 2.05. The van der Waals surface area contributed by atoms with Gasteiger partial charge in [-0.15, -0.1) is 0 Å². The first-order chi connectivity index (χ1) is 9.13. The molecule has 0 spiro atoms. The Morgan fingerprint density at radius 3 is 2.79 bits per heavy atom. The SMILES string of the molecule is CNC1CC(OC2CCCc3ccccc32)C1(C)C. The fourth-order valence-corrected chi connectivity index (χ4v) is 3.66. The van der Waals surface area contributed by atoms with E-state index in [1.54, 1.807) is 0 Å². The fraction of sp³-hybridized carbons (Fsp3) is 0.647. The third-order valence-electron chi connectivity index (χ3n) is 5.17. The van der Waals surface area contributed by atoms with Crippen molar-refractivity contribution in [2.24, 2.45) is 5.41 Å². The van der Waals surface area contributed by atoms with Crippen LogP contribution in [0.15, 0.2) is 24.3 Å². The van der Waals surface area contributed by atoms with Crippen molar-refractivity contribution in [3.63, 3.8) is 0 Å². The third kappa shape index (κ3) is 2.21. The number of rotatable bonds is 3. The lowest BCUT2D eigenvalue weighted by Crippen LogP contribution is -2.60. The Morgan fingerprint density at radius 1 is 1.26 bits per heavy atom. The van der Waals surface area contributed by atoms with Crippen LogP contribution in [-0.4, -0.2) is 19.2 Å². The maximum absolute atomic E-state index is 6.46. The summed E-state index contributed by atoms with van der Waals surface area (Å²) in [6.45, 7) is 4.63. The fourth-order valence-electron chi connectivity index (χ4n) is 3.66. The molecule has 0 aliphatic heterocycles. The van der Waals surface area contributed by atoms with Crippen molar-refractivity contribution >= 4 is 0 Å². The molecule has 0 amide bonds. The topological polar surface area (TPSA) is 21.3 Å². The second kappa shape index (κ2) is 4.92. The van der Waals surface area contributed by atoms with Crippen LogP contribution in [-0.2, 0) is 11.2 Å². The quantitative estimate of drug-likeness (QED) is 0.897. The van der Waals surface area contributed by atoms with Crippen molar-refractivity contribution < 1.29 is 4.74 Å². The molecule has 1 saturated carbocycles. The minimum Gasteiger partial charge on any atom is -0.370 e. The predicted molar refractivity (Wildman–Crippen MR) is 78.2 cm³/mol. The van der Waals surface area contributed by atoms with Gasteiger partial charge in [0.1, 0.15) is 0 Å². The number of hydrogen-bond acceptors (Lipinski definition) is 2. The van der Waals surface area contributed by atoms with Crippen molar-refractivity contribution in [3.05, 3.63) is 35.4 Å². The monoisotopic (exact) mass is 259 g/mol. The Balaban J connectivity index is 1.72. The van der Waals surface area contributed by atoms with Gasteiger partial charge in [0.2, 0.25) is 0 Å². The highest BCUT2D eigenvalue weighted by Crippen LogP contribution is 2.46. The van der Waals surface area contributed by atoms with Gasteiger partial charge >= 0.3 is 0 Å². The molecule has 1 aromatic rings. The molecule has 2 nitrogen and oxygen atoms in total. The first-order valence-electron chi connectivity index (χ1n) is 7.53. The lowest BCUT2D eigenvalue weighted by molar-refractivity contribution is -0.151. The van der Waals surface area contributed by atoms with Gasteiger partial charge in [0.25, 0.3) is 0 Å². The van der Waals surface area contributed by atoms with Crippen molar-refractivity contribution in [2.75, 3.05) is 7.05 Å². The maximum Gasteiger partial charge on any atom is 0.0831 e. The molecule has 2 aliphatic rings. The highest BCUT2D eigenvalue weighted by atomic mass is 16.5. The Bertz CT molecular complexity index is 454. The van der Waals surface area contributed by atoms with Crippen LogP contribution in [0.3, 0.4) is 0 Å². The molecule has 1 N–H and O–H groups in total. The van der Waals surface area contributed by atoms with E-state index in [-0.39, 0.29) is 5.41 Å². The molecular weight excluding hydrogens is 234 g/mol. The van der Waals surface area contributed by atoms with E-state index in [1.165, 1.54) is 30.4 Å². The highest BCUT2D eigenvalue weighted by Gasteiger charge is 2.49. The van der Waals surface area contributed by atoms with Crippen LogP contribution in [0.5, 0.6) is 0 Å². The largest absolute Gasteiger partial charge is 0.370 e. The lowest BCUT2D eigenvalue weighted by Gasteiger charge is -2.52. The molecule has 19 heavy (non-hydrogen) atoms. The number of nitrogens with one attached hydrogen (secondary N) is 1. The predicted octanol–water partition coefficient (Wildman–Crippen LogP) is 3.47. The molecule has 1 fully saturated rings. The summed E-state index contributed by atoms with van der Waals surface area (Å²) in [5.74, 6) is 0. The molecule has 2 aliphatic carbocycles. The molecule has 3 unspecified atom stereocenters. The lowest BCUT2D eigenvalue weighted by atomic mass is 9.64. The number of fused-ring (bicyclic) bond motifs is 1. The Hall–Kier alpha value is -0.860. The minimum absolute atomic E-state index is 0.251. The summed E-state index contributed by atoms with van der Waals surface area (Å²) < 4.78 is 6.46. The molecule has 0 bridgehead atoms. The zero-order valence-electron chi connectivity index (χ0n) is 12.3. The molecular formula is C17H25NO. The Labute approximate surface area is 116 Å². The highest BCUT2D eigenvalue weighted by molar-refractivity contribution is 5.31. The van der Waals surface area contributed by atoms with Crippen LogP contribution in [0, 0.1) is 5.41 Å². The van der Waals surface area contributed by atoms with Crippen LogP contribution in [0.4, 0.5) is 0 Å². The Kier molecular flexibility index (Phi) is 3.40. The van der Waals surface area contributed by atoms with Gasteiger partial charge < -0.3 is 10.1 Å². The van der Waals surface area contributed by atoms with Gasteiger partial charge in [-0.25, -0.2) is 0 Å². The van der Waals surface area contributed by atoms with Crippen LogP contribution in [0.25, 0.3) is 0 Å². The molecule has 104 valence electrons. The van der Waals surface area contributed by atoms with E-state index in [2.05, 4.69) is 50.5 Å². The number of hydrogen-bond donors (Lipinski definition) is 1. The molecule has 2 heteroatoms. The molecule has 0 saturated heterocycles. The summed E-state index contributed by atoms with van der Waals surface area (Å²) in [6.07, 6.45) is 5.48. The van der Waals surface area contributed by atoms with Crippen LogP contribution < -0.4 is 5.32 Å². The standard InChI is InChI=1S/C17H25NO/c1-17(2)15(18-3)11-16(17)19-14-10-6-8-12-7-4-5-9-13(12)14/h4-5,7,9,14-16,18H,6,8,10-11H2,1-3H3. The zero-order chi connectivity index (χ0) is 13.5. The van der Waals surface area contributed by atoms with E-state index < -0.39 is 0 Å². The molecule has 3 rings (SSSR count). The summed E-state index contributed by atoms with van der Waals surface area (Å²) in [6, 6.07) is 9.39. The van der Waals surface area contributed by atoms with E-state index in [4.69, 9.17) is 4.74 Å². The van der Waals surface area contributed by atoms with Gasteiger partial charge in [-0.3, -0.25) is 0 Å². The van der Waals surface area contributed by atoms with Gasteiger partial charge in [0.05, 0.1) is 12.2 Å². The van der Waals surface area contributed by atoms with E-state index in [9.17, 15) is 0 Å². The molecule has 3 atom stereocenters.